The molecular weight excluding hydrogens is 406 g/mol. The van der Waals surface area contributed by atoms with Crippen molar-refractivity contribution in [2.45, 2.75) is 19.4 Å². The first-order valence-corrected chi connectivity index (χ1v) is 8.56. The molecule has 1 heterocycles. The number of nitrogens with one attached hydrogen (secondary N) is 3. The van der Waals surface area contributed by atoms with E-state index in [2.05, 4.69) is 30.6 Å². The van der Waals surface area contributed by atoms with E-state index in [1.54, 1.807) is 6.92 Å². The maximum Gasteiger partial charge on any atom is 0.331 e. The number of hydrogen-bond donors (Lipinski definition) is 3. The van der Waals surface area contributed by atoms with Crippen molar-refractivity contribution in [2.24, 2.45) is 0 Å². The number of rotatable bonds is 5. The predicted octanol–water partition coefficient (Wildman–Crippen LogP) is 0.141. The third-order valence-corrected chi connectivity index (χ3v) is 4.34. The highest BCUT2D eigenvalue weighted by Gasteiger charge is 2.39. The Bertz CT molecular complexity index is 939. The molecule has 0 aliphatic carbocycles. The van der Waals surface area contributed by atoms with Crippen LogP contribution in [-0.2, 0) is 26.3 Å². The highest BCUT2D eigenvalue weighted by Crippen LogP contribution is 2.31. The standard InChI is InChI=1S/C13H14BrN3O6S/c1-3-23-12(20)13(2,17-24(21)22)7-4-6(14)5-8-9(7)16-11(19)10(18)15-8/h4-5,17H,3H2,1-2H3,(H,15,18)(H,16,19)(H,21,22)/p-1. The van der Waals surface area contributed by atoms with Crippen LogP contribution in [0.3, 0.4) is 0 Å². The highest BCUT2D eigenvalue weighted by molar-refractivity contribution is 9.10. The summed E-state index contributed by atoms with van der Waals surface area (Å²) in [6, 6.07) is 2.96. The van der Waals surface area contributed by atoms with E-state index in [0.29, 0.717) is 4.47 Å². The molecule has 1 aromatic carbocycles. The third kappa shape index (κ3) is 3.48. The fraction of sp³-hybridized carbons (Fsp3) is 0.308. The van der Waals surface area contributed by atoms with E-state index < -0.39 is 33.9 Å². The number of carbonyl (C=O) groups is 1. The van der Waals surface area contributed by atoms with Crippen molar-refractivity contribution >= 4 is 44.2 Å². The van der Waals surface area contributed by atoms with Crippen molar-refractivity contribution in [1.82, 2.24) is 14.7 Å². The van der Waals surface area contributed by atoms with Crippen LogP contribution in [0.4, 0.5) is 0 Å². The van der Waals surface area contributed by atoms with Crippen molar-refractivity contribution < 1.29 is 18.3 Å². The van der Waals surface area contributed by atoms with Gasteiger partial charge in [0.05, 0.1) is 17.6 Å². The summed E-state index contributed by atoms with van der Waals surface area (Å²) in [5.74, 6) is -0.861. The molecule has 0 radical (unpaired) electrons. The van der Waals surface area contributed by atoms with Gasteiger partial charge in [0.1, 0.15) is 0 Å². The number of aromatic nitrogens is 2. The minimum absolute atomic E-state index is 0.0287. The summed E-state index contributed by atoms with van der Waals surface area (Å²) in [4.78, 5) is 40.2. The highest BCUT2D eigenvalue weighted by atomic mass is 79.9. The predicted molar refractivity (Wildman–Crippen MR) is 88.9 cm³/mol. The molecule has 24 heavy (non-hydrogen) atoms. The van der Waals surface area contributed by atoms with Crippen LogP contribution < -0.4 is 15.8 Å². The average molecular weight is 419 g/mol. The molecule has 2 rings (SSSR count). The van der Waals surface area contributed by atoms with Crippen LogP contribution in [0, 0.1) is 0 Å². The fourth-order valence-electron chi connectivity index (χ4n) is 2.23. The van der Waals surface area contributed by atoms with Gasteiger partial charge in [0, 0.05) is 21.3 Å². The minimum atomic E-state index is -2.80. The molecule has 1 aromatic heterocycles. The average Bonchev–Trinajstić information content (AvgIpc) is 2.47. The van der Waals surface area contributed by atoms with Gasteiger partial charge in [-0.15, -0.1) is 0 Å². The van der Waals surface area contributed by atoms with Crippen LogP contribution in [0.2, 0.25) is 0 Å². The Morgan fingerprint density at radius 1 is 1.38 bits per heavy atom. The second-order valence-electron chi connectivity index (χ2n) is 4.97. The van der Waals surface area contributed by atoms with Crippen molar-refractivity contribution in [1.29, 1.82) is 0 Å². The van der Waals surface area contributed by atoms with Crippen LogP contribution in [0.1, 0.15) is 19.4 Å². The zero-order valence-corrected chi connectivity index (χ0v) is 15.0. The molecule has 0 bridgehead atoms. The van der Waals surface area contributed by atoms with E-state index >= 15 is 0 Å². The van der Waals surface area contributed by atoms with Crippen LogP contribution in [0.5, 0.6) is 0 Å². The lowest BCUT2D eigenvalue weighted by Crippen LogP contribution is -2.49. The number of halogens is 1. The molecule has 0 saturated heterocycles. The molecule has 2 atom stereocenters. The van der Waals surface area contributed by atoms with Gasteiger partial charge in [-0.25, -0.2) is 9.52 Å². The van der Waals surface area contributed by atoms with Gasteiger partial charge in [-0.2, -0.15) is 0 Å². The van der Waals surface area contributed by atoms with E-state index in [9.17, 15) is 23.1 Å². The lowest BCUT2D eigenvalue weighted by Gasteiger charge is -2.30. The number of H-pyrrole nitrogens is 2. The first kappa shape index (κ1) is 18.5. The molecule has 2 unspecified atom stereocenters. The van der Waals surface area contributed by atoms with E-state index in [1.165, 1.54) is 19.1 Å². The number of aromatic amines is 2. The summed E-state index contributed by atoms with van der Waals surface area (Å²) in [5, 5.41) is 0. The molecule has 11 heteroatoms. The monoisotopic (exact) mass is 418 g/mol. The topological polar surface area (TPSA) is 144 Å². The summed E-state index contributed by atoms with van der Waals surface area (Å²) < 4.78 is 29.9. The van der Waals surface area contributed by atoms with Crippen molar-refractivity contribution in [3.63, 3.8) is 0 Å². The lowest BCUT2D eigenvalue weighted by atomic mass is 9.92. The number of esters is 1. The molecule has 0 saturated carbocycles. The molecular formula is C13H13BrN3O6S-. The van der Waals surface area contributed by atoms with Gasteiger partial charge in [0.25, 0.3) is 0 Å². The fourth-order valence-corrected chi connectivity index (χ4v) is 3.22. The SMILES string of the molecule is CCOC(=O)C(C)(NS(=O)[O-])c1cc(Br)cc2[nH]c(=O)c(=O)[nH]c12. The second kappa shape index (κ2) is 6.97. The largest absolute Gasteiger partial charge is 0.760 e. The third-order valence-electron chi connectivity index (χ3n) is 3.31. The van der Waals surface area contributed by atoms with Gasteiger partial charge in [-0.3, -0.25) is 13.8 Å². The Labute approximate surface area is 146 Å². The number of benzene rings is 1. The molecule has 0 aliphatic rings. The number of fused-ring (bicyclic) bond motifs is 1. The molecule has 0 aliphatic heterocycles. The van der Waals surface area contributed by atoms with Crippen LogP contribution >= 0.6 is 15.9 Å². The summed E-state index contributed by atoms with van der Waals surface area (Å²) in [5.41, 5.74) is -3.17. The van der Waals surface area contributed by atoms with E-state index in [1.807, 2.05) is 0 Å². The normalized spacial score (nSPS) is 15.0. The number of carbonyl (C=O) groups excluding carboxylic acids is 1. The van der Waals surface area contributed by atoms with Gasteiger partial charge in [0.15, 0.2) is 5.54 Å². The van der Waals surface area contributed by atoms with Crippen LogP contribution in [-0.4, -0.2) is 31.3 Å². The van der Waals surface area contributed by atoms with Crippen molar-refractivity contribution in [3.05, 3.63) is 42.9 Å². The molecule has 9 nitrogen and oxygen atoms in total. The Kier molecular flexibility index (Phi) is 5.38. The van der Waals surface area contributed by atoms with Gasteiger partial charge in [-0.05, 0) is 26.0 Å². The summed E-state index contributed by atoms with van der Waals surface area (Å²) >= 11 is 0.426. The minimum Gasteiger partial charge on any atom is -0.760 e. The molecule has 2 aromatic rings. The van der Waals surface area contributed by atoms with Crippen molar-refractivity contribution in [2.75, 3.05) is 6.61 Å². The lowest BCUT2D eigenvalue weighted by molar-refractivity contribution is -0.150. The molecule has 3 N–H and O–H groups in total. The zero-order chi connectivity index (χ0) is 18.1. The Hall–Kier alpha value is -1.82. The summed E-state index contributed by atoms with van der Waals surface area (Å²) in [6.45, 7) is 2.90. The van der Waals surface area contributed by atoms with E-state index in [-0.39, 0.29) is 23.2 Å². The van der Waals surface area contributed by atoms with E-state index in [4.69, 9.17) is 4.74 Å². The maximum absolute atomic E-state index is 12.4. The second-order valence-corrected chi connectivity index (χ2v) is 6.56. The Balaban J connectivity index is 2.85. The van der Waals surface area contributed by atoms with Gasteiger partial charge < -0.3 is 19.3 Å². The quantitative estimate of drug-likeness (QED) is 0.357. The van der Waals surface area contributed by atoms with Gasteiger partial charge >= 0.3 is 17.1 Å². The van der Waals surface area contributed by atoms with Crippen LogP contribution in [0.15, 0.2) is 26.2 Å². The summed E-state index contributed by atoms with van der Waals surface area (Å²) in [6.07, 6.45) is 0. The van der Waals surface area contributed by atoms with E-state index in [0.717, 1.165) is 0 Å². The molecule has 0 amide bonds. The van der Waals surface area contributed by atoms with Crippen molar-refractivity contribution in [3.8, 4) is 0 Å². The van der Waals surface area contributed by atoms with Crippen LogP contribution in [0.25, 0.3) is 11.0 Å². The number of hydrogen-bond acceptors (Lipinski definition) is 6. The molecule has 0 fully saturated rings. The Morgan fingerprint density at radius 3 is 2.58 bits per heavy atom. The zero-order valence-electron chi connectivity index (χ0n) is 12.6. The molecule has 0 spiro atoms. The van der Waals surface area contributed by atoms with Gasteiger partial charge in [0.2, 0.25) is 0 Å². The smallest absolute Gasteiger partial charge is 0.331 e. The first-order chi connectivity index (χ1) is 11.2. The Morgan fingerprint density at radius 2 is 2.00 bits per heavy atom. The first-order valence-electron chi connectivity index (χ1n) is 6.69. The maximum atomic E-state index is 12.4. The van der Waals surface area contributed by atoms with Gasteiger partial charge in [-0.1, -0.05) is 15.9 Å². The molecule has 130 valence electrons. The number of ether oxygens (including phenoxy) is 1. The summed E-state index contributed by atoms with van der Waals surface area (Å²) in [7, 11) is 0.